The van der Waals surface area contributed by atoms with E-state index in [1.165, 1.54) is 11.3 Å². The van der Waals surface area contributed by atoms with Crippen molar-refractivity contribution >= 4 is 23.1 Å². The average molecular weight is 294 g/mol. The fraction of sp³-hybridized carbons (Fsp3) is 0.308. The van der Waals surface area contributed by atoms with Crippen LogP contribution >= 0.6 is 11.3 Å². The summed E-state index contributed by atoms with van der Waals surface area (Å²) in [5, 5.41) is 8.23. The van der Waals surface area contributed by atoms with Crippen molar-refractivity contribution in [2.45, 2.75) is 19.4 Å². The maximum absolute atomic E-state index is 13.3. The zero-order valence-corrected chi connectivity index (χ0v) is 12.2. The van der Waals surface area contributed by atoms with Gasteiger partial charge >= 0.3 is 0 Å². The predicted molar refractivity (Wildman–Crippen MR) is 76.3 cm³/mol. The summed E-state index contributed by atoms with van der Waals surface area (Å²) in [5.74, 6) is -0.624. The summed E-state index contributed by atoms with van der Waals surface area (Å²) in [6.07, 6.45) is 2.74. The third-order valence-electron chi connectivity index (χ3n) is 2.73. The molecule has 0 aliphatic heterocycles. The molecule has 0 saturated carbocycles. The molecule has 2 rings (SSSR count). The van der Waals surface area contributed by atoms with Gasteiger partial charge in [0.15, 0.2) is 0 Å². The van der Waals surface area contributed by atoms with E-state index in [2.05, 4.69) is 20.6 Å². The van der Waals surface area contributed by atoms with Crippen molar-refractivity contribution in [3.8, 4) is 0 Å². The SMILES string of the molecule is CNc1ncc(F)cc1C(=O)NC(C)(C)c1nccs1. The molecule has 0 unspecified atom stereocenters. The summed E-state index contributed by atoms with van der Waals surface area (Å²) >= 11 is 1.45. The quantitative estimate of drug-likeness (QED) is 0.908. The minimum absolute atomic E-state index is 0.164. The molecule has 0 aliphatic carbocycles. The number of pyridine rings is 1. The molecule has 2 aromatic rings. The fourth-order valence-corrected chi connectivity index (χ4v) is 2.47. The monoisotopic (exact) mass is 294 g/mol. The van der Waals surface area contributed by atoms with E-state index in [4.69, 9.17) is 0 Å². The van der Waals surface area contributed by atoms with Crippen LogP contribution < -0.4 is 10.6 Å². The molecule has 0 radical (unpaired) electrons. The fourth-order valence-electron chi connectivity index (χ4n) is 1.75. The van der Waals surface area contributed by atoms with E-state index in [1.54, 1.807) is 13.2 Å². The standard InChI is InChI=1S/C13H15FN4OS/c1-13(2,12-16-4-5-20-12)18-11(19)9-6-8(14)7-17-10(9)15-3/h4-7H,1-3H3,(H,15,17)(H,18,19). The van der Waals surface area contributed by atoms with Crippen LogP contribution in [0.4, 0.5) is 10.2 Å². The molecule has 2 aromatic heterocycles. The van der Waals surface area contributed by atoms with E-state index >= 15 is 0 Å². The lowest BCUT2D eigenvalue weighted by molar-refractivity contribution is 0.0912. The van der Waals surface area contributed by atoms with E-state index in [0.717, 1.165) is 17.3 Å². The Kier molecular flexibility index (Phi) is 3.99. The van der Waals surface area contributed by atoms with Gasteiger partial charge in [-0.25, -0.2) is 14.4 Å². The second kappa shape index (κ2) is 5.54. The minimum Gasteiger partial charge on any atom is -0.372 e. The van der Waals surface area contributed by atoms with Gasteiger partial charge in [0, 0.05) is 18.6 Å². The molecule has 0 atom stereocenters. The molecule has 20 heavy (non-hydrogen) atoms. The van der Waals surface area contributed by atoms with Gasteiger partial charge in [0.2, 0.25) is 0 Å². The molecule has 2 heterocycles. The van der Waals surface area contributed by atoms with Gasteiger partial charge in [-0.05, 0) is 19.9 Å². The van der Waals surface area contributed by atoms with E-state index in [0.29, 0.717) is 5.82 Å². The van der Waals surface area contributed by atoms with Crippen molar-refractivity contribution in [2.75, 3.05) is 12.4 Å². The van der Waals surface area contributed by atoms with Gasteiger partial charge in [-0.1, -0.05) is 0 Å². The number of halogens is 1. The van der Waals surface area contributed by atoms with Crippen molar-refractivity contribution in [1.29, 1.82) is 0 Å². The summed E-state index contributed by atoms with van der Waals surface area (Å²) in [4.78, 5) is 20.4. The number of hydrogen-bond acceptors (Lipinski definition) is 5. The number of carbonyl (C=O) groups is 1. The number of hydrogen-bond donors (Lipinski definition) is 2. The Morgan fingerprint density at radius 2 is 2.15 bits per heavy atom. The molecular formula is C13H15FN4OS. The Morgan fingerprint density at radius 1 is 1.40 bits per heavy atom. The molecule has 0 aromatic carbocycles. The normalized spacial score (nSPS) is 11.2. The number of carbonyl (C=O) groups excluding carboxylic acids is 1. The van der Waals surface area contributed by atoms with Gasteiger partial charge < -0.3 is 10.6 Å². The van der Waals surface area contributed by atoms with Gasteiger partial charge in [0.05, 0.1) is 17.3 Å². The highest BCUT2D eigenvalue weighted by Gasteiger charge is 2.27. The first-order valence-corrected chi connectivity index (χ1v) is 6.88. The Hall–Kier alpha value is -2.02. The molecule has 5 nitrogen and oxygen atoms in total. The number of amides is 1. The Bertz CT molecular complexity index is 613. The van der Waals surface area contributed by atoms with Gasteiger partial charge in [0.1, 0.15) is 16.6 Å². The van der Waals surface area contributed by atoms with Crippen molar-refractivity contribution in [1.82, 2.24) is 15.3 Å². The molecule has 0 fully saturated rings. The average Bonchev–Trinajstić information content (AvgIpc) is 2.92. The molecule has 106 valence electrons. The van der Waals surface area contributed by atoms with Gasteiger partial charge in [0.25, 0.3) is 5.91 Å². The summed E-state index contributed by atoms with van der Waals surface area (Å²) < 4.78 is 13.3. The lowest BCUT2D eigenvalue weighted by Gasteiger charge is -2.24. The van der Waals surface area contributed by atoms with E-state index < -0.39 is 17.3 Å². The number of nitrogens with zero attached hydrogens (tertiary/aromatic N) is 2. The van der Waals surface area contributed by atoms with Crippen molar-refractivity contribution in [3.63, 3.8) is 0 Å². The molecule has 0 saturated heterocycles. The first-order valence-electron chi connectivity index (χ1n) is 6.00. The third-order valence-corrected chi connectivity index (χ3v) is 3.83. The largest absolute Gasteiger partial charge is 0.372 e. The number of aromatic nitrogens is 2. The number of nitrogens with one attached hydrogen (secondary N) is 2. The van der Waals surface area contributed by atoms with E-state index in [1.807, 2.05) is 19.2 Å². The summed E-state index contributed by atoms with van der Waals surface area (Å²) in [6, 6.07) is 1.16. The van der Waals surface area contributed by atoms with Crippen LogP contribution in [0.1, 0.15) is 29.2 Å². The van der Waals surface area contributed by atoms with Crippen LogP contribution in [0.3, 0.4) is 0 Å². The highest BCUT2D eigenvalue weighted by molar-refractivity contribution is 7.09. The first kappa shape index (κ1) is 14.4. The molecular weight excluding hydrogens is 279 g/mol. The second-order valence-electron chi connectivity index (χ2n) is 4.72. The third kappa shape index (κ3) is 2.93. The smallest absolute Gasteiger partial charge is 0.255 e. The van der Waals surface area contributed by atoms with Crippen LogP contribution in [0.5, 0.6) is 0 Å². The van der Waals surface area contributed by atoms with Crippen LogP contribution in [-0.4, -0.2) is 22.9 Å². The van der Waals surface area contributed by atoms with Crippen LogP contribution in [0.2, 0.25) is 0 Å². The molecule has 0 aliphatic rings. The number of anilines is 1. The lowest BCUT2D eigenvalue weighted by Crippen LogP contribution is -2.41. The maximum Gasteiger partial charge on any atom is 0.255 e. The molecule has 0 spiro atoms. The van der Waals surface area contributed by atoms with Crippen LogP contribution in [-0.2, 0) is 5.54 Å². The maximum atomic E-state index is 13.3. The molecule has 2 N–H and O–H groups in total. The molecule has 0 bridgehead atoms. The van der Waals surface area contributed by atoms with Crippen LogP contribution in [0, 0.1) is 5.82 Å². The van der Waals surface area contributed by atoms with E-state index in [9.17, 15) is 9.18 Å². The Morgan fingerprint density at radius 3 is 2.75 bits per heavy atom. The zero-order chi connectivity index (χ0) is 14.8. The minimum atomic E-state index is -0.636. The number of thiazole rings is 1. The van der Waals surface area contributed by atoms with Crippen LogP contribution in [0.25, 0.3) is 0 Å². The molecule has 7 heteroatoms. The highest BCUT2D eigenvalue weighted by atomic mass is 32.1. The topological polar surface area (TPSA) is 66.9 Å². The summed E-state index contributed by atoms with van der Waals surface area (Å²) in [5.41, 5.74) is -0.472. The van der Waals surface area contributed by atoms with Crippen molar-refractivity contribution in [2.24, 2.45) is 0 Å². The van der Waals surface area contributed by atoms with Crippen molar-refractivity contribution < 1.29 is 9.18 Å². The van der Waals surface area contributed by atoms with Crippen molar-refractivity contribution in [3.05, 3.63) is 40.2 Å². The molecule has 1 amide bonds. The van der Waals surface area contributed by atoms with Gasteiger partial charge in [-0.15, -0.1) is 11.3 Å². The predicted octanol–water partition coefficient (Wildman–Crippen LogP) is 2.38. The Labute approximate surface area is 120 Å². The first-order chi connectivity index (χ1) is 9.44. The number of rotatable bonds is 4. The lowest BCUT2D eigenvalue weighted by atomic mass is 10.1. The zero-order valence-electron chi connectivity index (χ0n) is 11.4. The second-order valence-corrected chi connectivity index (χ2v) is 5.61. The summed E-state index contributed by atoms with van der Waals surface area (Å²) in [7, 11) is 1.63. The van der Waals surface area contributed by atoms with Gasteiger partial charge in [-0.2, -0.15) is 0 Å². The Balaban J connectivity index is 2.26. The van der Waals surface area contributed by atoms with E-state index in [-0.39, 0.29) is 5.56 Å². The van der Waals surface area contributed by atoms with Crippen LogP contribution in [0.15, 0.2) is 23.8 Å². The summed E-state index contributed by atoms with van der Waals surface area (Å²) in [6.45, 7) is 3.69. The highest BCUT2D eigenvalue weighted by Crippen LogP contribution is 2.23. The van der Waals surface area contributed by atoms with Gasteiger partial charge in [-0.3, -0.25) is 4.79 Å².